The molecule has 0 unspecified atom stereocenters. The van der Waals surface area contributed by atoms with E-state index in [1.807, 2.05) is 0 Å². The average molecular weight is 341 g/mol. The topological polar surface area (TPSA) is 26.3 Å². The van der Waals surface area contributed by atoms with E-state index in [-0.39, 0.29) is 12.4 Å². The van der Waals surface area contributed by atoms with Gasteiger partial charge in [-0.15, -0.1) is 12.4 Å². The largest absolute Gasteiger partial charge is 0.454 e. The number of halogens is 2. The van der Waals surface area contributed by atoms with Crippen molar-refractivity contribution in [2.24, 2.45) is 0 Å². The molecule has 0 aromatic rings. The second kappa shape index (κ2) is 20.1. The quantitative estimate of drug-likeness (QED) is 0.231. The monoisotopic (exact) mass is 340 g/mol. The van der Waals surface area contributed by atoms with Gasteiger partial charge in [0.1, 0.15) is 0 Å². The first-order chi connectivity index (χ1) is 9.77. The lowest BCUT2D eigenvalue weighted by atomic mass is 10.0. The first-order valence-electron chi connectivity index (χ1n) is 8.59. The molecule has 0 N–H and O–H groups in total. The van der Waals surface area contributed by atoms with E-state index in [1.165, 1.54) is 77.0 Å². The van der Waals surface area contributed by atoms with E-state index in [0.29, 0.717) is 6.61 Å². The lowest BCUT2D eigenvalue weighted by molar-refractivity contribution is 0.170. The summed E-state index contributed by atoms with van der Waals surface area (Å²) < 4.78 is 4.68. The second-order valence-electron chi connectivity index (χ2n) is 5.68. The summed E-state index contributed by atoms with van der Waals surface area (Å²) in [6, 6.07) is 0. The van der Waals surface area contributed by atoms with Gasteiger partial charge >= 0.3 is 5.43 Å². The van der Waals surface area contributed by atoms with Gasteiger partial charge in [-0.25, -0.2) is 4.79 Å². The Kier molecular flexibility index (Phi) is 22.3. The molecule has 0 aliphatic rings. The Labute approximate surface area is 142 Å². The highest BCUT2D eigenvalue weighted by molar-refractivity contribution is 6.61. The van der Waals surface area contributed by atoms with Gasteiger partial charge < -0.3 is 4.74 Å². The Hall–Kier alpha value is 0.0500. The van der Waals surface area contributed by atoms with Crippen LogP contribution < -0.4 is 0 Å². The predicted octanol–water partition coefficient (Wildman–Crippen LogP) is 7.26. The molecule has 0 radical (unpaired) electrons. The van der Waals surface area contributed by atoms with Gasteiger partial charge in [-0.2, -0.15) is 0 Å². The maximum atomic E-state index is 10.3. The van der Waals surface area contributed by atoms with E-state index in [0.717, 1.165) is 12.8 Å². The molecule has 0 aliphatic carbocycles. The molecule has 0 atom stereocenters. The third-order valence-electron chi connectivity index (χ3n) is 3.71. The molecule has 0 bridgehead atoms. The van der Waals surface area contributed by atoms with Gasteiger partial charge in [0.15, 0.2) is 0 Å². The van der Waals surface area contributed by atoms with Crippen molar-refractivity contribution in [1.82, 2.24) is 0 Å². The second-order valence-corrected chi connectivity index (χ2v) is 5.99. The van der Waals surface area contributed by atoms with Gasteiger partial charge in [0.05, 0.1) is 6.61 Å². The number of carbonyl (C=O) groups is 1. The summed E-state index contributed by atoms with van der Waals surface area (Å²) >= 11 is 5.07. The van der Waals surface area contributed by atoms with Crippen LogP contribution in [-0.4, -0.2) is 12.0 Å². The summed E-state index contributed by atoms with van der Waals surface area (Å²) in [5.74, 6) is 0. The highest BCUT2D eigenvalue weighted by Gasteiger charge is 1.96. The zero-order valence-electron chi connectivity index (χ0n) is 13.7. The fourth-order valence-corrected chi connectivity index (χ4v) is 2.53. The Balaban J connectivity index is 0. The highest BCUT2D eigenvalue weighted by atomic mass is 35.5. The summed E-state index contributed by atoms with van der Waals surface area (Å²) in [5, 5.41) is 0. The van der Waals surface area contributed by atoms with Crippen LogP contribution in [-0.2, 0) is 4.74 Å². The standard InChI is InChI=1S/C17H33ClO2.ClH/c1-2-3-4-5-6-7-8-9-10-11-12-13-14-15-16-20-17(18)19;/h2-16H2,1H3;1H. The van der Waals surface area contributed by atoms with Crippen molar-refractivity contribution < 1.29 is 9.53 Å². The fraction of sp³-hybridized carbons (Fsp3) is 0.941. The smallest absolute Gasteiger partial charge is 0.403 e. The number of carbonyl (C=O) groups excluding carboxylic acids is 1. The van der Waals surface area contributed by atoms with Crippen molar-refractivity contribution in [2.45, 2.75) is 96.8 Å². The zero-order valence-corrected chi connectivity index (χ0v) is 15.3. The van der Waals surface area contributed by atoms with Crippen molar-refractivity contribution >= 4 is 29.4 Å². The molecular formula is C17H34Cl2O2. The first-order valence-corrected chi connectivity index (χ1v) is 8.97. The molecule has 0 aromatic carbocycles. The summed E-state index contributed by atoms with van der Waals surface area (Å²) in [4.78, 5) is 10.3. The van der Waals surface area contributed by atoms with E-state index in [9.17, 15) is 4.79 Å². The molecule has 0 aliphatic heterocycles. The van der Waals surface area contributed by atoms with Gasteiger partial charge in [0, 0.05) is 11.6 Å². The molecule has 4 heteroatoms. The molecule has 0 amide bonds. The predicted molar refractivity (Wildman–Crippen MR) is 94.8 cm³/mol. The zero-order chi connectivity index (χ0) is 14.9. The molecule has 0 aromatic heterocycles. The Morgan fingerprint density at radius 3 is 1.38 bits per heavy atom. The van der Waals surface area contributed by atoms with Crippen molar-refractivity contribution in [3.63, 3.8) is 0 Å². The van der Waals surface area contributed by atoms with Crippen LogP contribution in [0.5, 0.6) is 0 Å². The van der Waals surface area contributed by atoms with Crippen LogP contribution in [0.3, 0.4) is 0 Å². The van der Waals surface area contributed by atoms with Crippen LogP contribution in [0, 0.1) is 0 Å². The minimum atomic E-state index is -0.681. The summed E-state index contributed by atoms with van der Waals surface area (Å²) in [5.41, 5.74) is -0.681. The first kappa shape index (κ1) is 23.3. The van der Waals surface area contributed by atoms with Gasteiger partial charge in [-0.3, -0.25) is 0 Å². The lowest BCUT2D eigenvalue weighted by Gasteiger charge is -2.03. The highest BCUT2D eigenvalue weighted by Crippen LogP contribution is 2.12. The lowest BCUT2D eigenvalue weighted by Crippen LogP contribution is -1.96. The van der Waals surface area contributed by atoms with Crippen LogP contribution in [0.15, 0.2) is 0 Å². The number of rotatable bonds is 15. The van der Waals surface area contributed by atoms with E-state index < -0.39 is 5.43 Å². The molecule has 0 fully saturated rings. The molecule has 21 heavy (non-hydrogen) atoms. The average Bonchev–Trinajstić information content (AvgIpc) is 2.43. The third kappa shape index (κ3) is 22.5. The van der Waals surface area contributed by atoms with Crippen LogP contribution in [0.4, 0.5) is 4.79 Å². The number of unbranched alkanes of at least 4 members (excludes halogenated alkanes) is 13. The van der Waals surface area contributed by atoms with Crippen molar-refractivity contribution in [2.75, 3.05) is 6.61 Å². The van der Waals surface area contributed by atoms with Crippen LogP contribution in [0.25, 0.3) is 0 Å². The van der Waals surface area contributed by atoms with Crippen molar-refractivity contribution in [1.29, 1.82) is 0 Å². The molecule has 0 spiro atoms. The molecular weight excluding hydrogens is 307 g/mol. The molecule has 0 saturated carbocycles. The van der Waals surface area contributed by atoms with Gasteiger partial charge in [0.25, 0.3) is 0 Å². The minimum Gasteiger partial charge on any atom is -0.454 e. The minimum absolute atomic E-state index is 0. The van der Waals surface area contributed by atoms with E-state index in [2.05, 4.69) is 11.7 Å². The number of hydrogen-bond donors (Lipinski definition) is 0. The normalized spacial score (nSPS) is 10.2. The van der Waals surface area contributed by atoms with Crippen LogP contribution in [0.2, 0.25) is 0 Å². The van der Waals surface area contributed by atoms with Gasteiger partial charge in [-0.1, -0.05) is 90.4 Å². The van der Waals surface area contributed by atoms with Crippen molar-refractivity contribution in [3.8, 4) is 0 Å². The van der Waals surface area contributed by atoms with Gasteiger partial charge in [0.2, 0.25) is 0 Å². The van der Waals surface area contributed by atoms with E-state index >= 15 is 0 Å². The Morgan fingerprint density at radius 2 is 1.05 bits per heavy atom. The molecule has 0 heterocycles. The molecule has 128 valence electrons. The molecule has 0 rings (SSSR count). The van der Waals surface area contributed by atoms with E-state index in [4.69, 9.17) is 11.6 Å². The van der Waals surface area contributed by atoms with Crippen LogP contribution in [0.1, 0.15) is 96.8 Å². The third-order valence-corrected chi connectivity index (χ3v) is 3.82. The van der Waals surface area contributed by atoms with E-state index in [1.54, 1.807) is 0 Å². The summed E-state index contributed by atoms with van der Waals surface area (Å²) in [7, 11) is 0. The van der Waals surface area contributed by atoms with Gasteiger partial charge in [-0.05, 0) is 6.42 Å². The SMILES string of the molecule is CCCCCCCCCCCCCCCCOC(=O)Cl.Cl. The van der Waals surface area contributed by atoms with Crippen LogP contribution >= 0.6 is 24.0 Å². The maximum Gasteiger partial charge on any atom is 0.403 e. The number of hydrogen-bond acceptors (Lipinski definition) is 2. The van der Waals surface area contributed by atoms with Crippen molar-refractivity contribution in [3.05, 3.63) is 0 Å². The Morgan fingerprint density at radius 1 is 0.714 bits per heavy atom. The molecule has 2 nitrogen and oxygen atoms in total. The summed E-state index contributed by atoms with van der Waals surface area (Å²) in [6.07, 6.45) is 18.6. The summed E-state index contributed by atoms with van der Waals surface area (Å²) in [6.45, 7) is 2.74. The Bertz CT molecular complexity index is 211. The fourth-order valence-electron chi connectivity index (χ4n) is 2.45. The molecule has 0 saturated heterocycles. The maximum absolute atomic E-state index is 10.3. The number of ether oxygens (including phenoxy) is 1.